The summed E-state index contributed by atoms with van der Waals surface area (Å²) in [6.07, 6.45) is 0. The van der Waals surface area contributed by atoms with Crippen molar-refractivity contribution in [3.63, 3.8) is 0 Å². The van der Waals surface area contributed by atoms with E-state index < -0.39 is 5.97 Å². The minimum Gasteiger partial charge on any atom is -0.495 e. The van der Waals surface area contributed by atoms with Gasteiger partial charge in [-0.25, -0.2) is 4.79 Å². The minimum absolute atomic E-state index is 0.289. The monoisotopic (exact) mass is 427 g/mol. The highest BCUT2D eigenvalue weighted by atomic mass is 79.9. The number of fused-ring (bicyclic) bond motifs is 1. The van der Waals surface area contributed by atoms with E-state index >= 15 is 0 Å². The van der Waals surface area contributed by atoms with Crippen LogP contribution in [0.5, 0.6) is 5.75 Å². The lowest BCUT2D eigenvalue weighted by Gasteiger charge is -2.14. The Morgan fingerprint density at radius 3 is 2.59 bits per heavy atom. The van der Waals surface area contributed by atoms with Gasteiger partial charge in [0.05, 0.1) is 29.3 Å². The topological polar surface area (TPSA) is 64.6 Å². The van der Waals surface area contributed by atoms with Crippen LogP contribution in [0.3, 0.4) is 0 Å². The largest absolute Gasteiger partial charge is 0.495 e. The fourth-order valence-corrected chi connectivity index (χ4v) is 3.53. The smallest absolute Gasteiger partial charge is 0.338 e. The third kappa shape index (κ3) is 3.95. The highest BCUT2D eigenvalue weighted by Crippen LogP contribution is 2.36. The van der Waals surface area contributed by atoms with Crippen molar-refractivity contribution < 1.29 is 19.1 Å². The minimum atomic E-state index is -0.431. The second-order valence-electron chi connectivity index (χ2n) is 5.75. The lowest BCUT2D eigenvalue weighted by atomic mass is 10.0. The number of benzene rings is 3. The van der Waals surface area contributed by atoms with Crippen molar-refractivity contribution in [1.82, 2.24) is 0 Å². The van der Waals surface area contributed by atoms with E-state index in [0.29, 0.717) is 27.0 Å². The highest BCUT2D eigenvalue weighted by molar-refractivity contribution is 9.10. The van der Waals surface area contributed by atoms with Gasteiger partial charge in [0.2, 0.25) is 0 Å². The van der Waals surface area contributed by atoms with Crippen LogP contribution in [0, 0.1) is 0 Å². The van der Waals surface area contributed by atoms with Gasteiger partial charge in [-0.2, -0.15) is 0 Å². The van der Waals surface area contributed by atoms with E-state index in [2.05, 4.69) is 21.2 Å². The summed E-state index contributed by atoms with van der Waals surface area (Å²) in [6.45, 7) is 2.03. The third-order valence-electron chi connectivity index (χ3n) is 4.02. The Hall–Kier alpha value is -2.86. The normalized spacial score (nSPS) is 10.5. The summed E-state index contributed by atoms with van der Waals surface area (Å²) in [5, 5.41) is 4.68. The lowest BCUT2D eigenvalue weighted by molar-refractivity contribution is 0.0526. The van der Waals surface area contributed by atoms with Crippen molar-refractivity contribution in [2.75, 3.05) is 19.0 Å². The van der Waals surface area contributed by atoms with Crippen LogP contribution < -0.4 is 10.1 Å². The van der Waals surface area contributed by atoms with E-state index in [-0.39, 0.29) is 12.5 Å². The number of ether oxygens (including phenoxy) is 2. The second-order valence-corrected chi connectivity index (χ2v) is 6.54. The zero-order valence-corrected chi connectivity index (χ0v) is 16.5. The molecular weight excluding hydrogens is 410 g/mol. The Balaban J connectivity index is 1.95. The zero-order valence-electron chi connectivity index (χ0n) is 14.9. The predicted molar refractivity (Wildman–Crippen MR) is 109 cm³/mol. The molecule has 6 heteroatoms. The standard InChI is InChI=1S/C21H18BrNO4/c1-3-27-21(25)14-8-6-9-15(11-14)23-20(24)17-12-13-7-4-5-10-16(13)18(22)19(17)26-2/h4-12H,3H2,1-2H3,(H,23,24). The Kier molecular flexibility index (Phi) is 5.76. The summed E-state index contributed by atoms with van der Waals surface area (Å²) < 4.78 is 11.2. The third-order valence-corrected chi connectivity index (χ3v) is 4.81. The van der Waals surface area contributed by atoms with Crippen molar-refractivity contribution >= 4 is 44.3 Å². The molecule has 0 spiro atoms. The average Bonchev–Trinajstić information content (AvgIpc) is 2.68. The van der Waals surface area contributed by atoms with Crippen molar-refractivity contribution in [2.24, 2.45) is 0 Å². The van der Waals surface area contributed by atoms with Gasteiger partial charge in [0, 0.05) is 5.69 Å². The van der Waals surface area contributed by atoms with E-state index in [4.69, 9.17) is 9.47 Å². The summed E-state index contributed by atoms with van der Waals surface area (Å²) in [4.78, 5) is 24.8. The first kappa shape index (κ1) is 18.9. The molecule has 0 aliphatic rings. The Bertz CT molecular complexity index is 1020. The fourth-order valence-electron chi connectivity index (χ4n) is 2.79. The van der Waals surface area contributed by atoms with Crippen LogP contribution in [0.15, 0.2) is 59.1 Å². The number of rotatable bonds is 5. The maximum atomic E-state index is 12.9. The SMILES string of the molecule is CCOC(=O)c1cccc(NC(=O)c2cc3ccccc3c(Br)c2OC)c1. The average molecular weight is 428 g/mol. The molecule has 0 bridgehead atoms. The highest BCUT2D eigenvalue weighted by Gasteiger charge is 2.18. The van der Waals surface area contributed by atoms with Crippen LogP contribution in [0.25, 0.3) is 10.8 Å². The molecule has 1 N–H and O–H groups in total. The molecule has 0 heterocycles. The first-order chi connectivity index (χ1) is 13.0. The van der Waals surface area contributed by atoms with E-state index in [1.165, 1.54) is 7.11 Å². The number of esters is 1. The van der Waals surface area contributed by atoms with Gasteiger partial charge >= 0.3 is 5.97 Å². The van der Waals surface area contributed by atoms with E-state index in [0.717, 1.165) is 10.8 Å². The van der Waals surface area contributed by atoms with Gasteiger partial charge in [0.1, 0.15) is 5.75 Å². The van der Waals surface area contributed by atoms with Crippen molar-refractivity contribution in [2.45, 2.75) is 6.92 Å². The van der Waals surface area contributed by atoms with Gasteiger partial charge in [0.15, 0.2) is 0 Å². The van der Waals surface area contributed by atoms with Gasteiger partial charge in [-0.1, -0.05) is 30.3 Å². The molecule has 3 rings (SSSR count). The fraction of sp³-hybridized carbons (Fsp3) is 0.143. The van der Waals surface area contributed by atoms with Crippen molar-refractivity contribution in [3.05, 3.63) is 70.2 Å². The Morgan fingerprint density at radius 2 is 1.85 bits per heavy atom. The van der Waals surface area contributed by atoms with E-state index in [1.54, 1.807) is 37.3 Å². The quantitative estimate of drug-likeness (QED) is 0.579. The van der Waals surface area contributed by atoms with Crippen molar-refractivity contribution in [3.8, 4) is 5.75 Å². The predicted octanol–water partition coefficient (Wildman–Crippen LogP) is 5.04. The molecule has 0 saturated heterocycles. The Morgan fingerprint density at radius 1 is 1.07 bits per heavy atom. The van der Waals surface area contributed by atoms with Gasteiger partial charge in [0.25, 0.3) is 5.91 Å². The number of carbonyl (C=O) groups excluding carboxylic acids is 2. The zero-order chi connectivity index (χ0) is 19.4. The molecule has 0 aliphatic heterocycles. The van der Waals surface area contributed by atoms with Crippen LogP contribution in [-0.4, -0.2) is 25.6 Å². The van der Waals surface area contributed by atoms with Gasteiger partial charge in [-0.05, 0) is 57.9 Å². The summed E-state index contributed by atoms with van der Waals surface area (Å²) in [7, 11) is 1.52. The number of hydrogen-bond donors (Lipinski definition) is 1. The molecule has 5 nitrogen and oxygen atoms in total. The molecule has 0 atom stereocenters. The molecule has 0 unspecified atom stereocenters. The number of methoxy groups -OCH3 is 1. The summed E-state index contributed by atoms with van der Waals surface area (Å²) in [5.41, 5.74) is 1.27. The molecule has 3 aromatic carbocycles. The van der Waals surface area contributed by atoms with Crippen LogP contribution in [-0.2, 0) is 4.74 Å². The molecule has 0 saturated carbocycles. The molecule has 3 aromatic rings. The first-order valence-corrected chi connectivity index (χ1v) is 9.18. The maximum Gasteiger partial charge on any atom is 0.338 e. The number of amides is 1. The summed E-state index contributed by atoms with van der Waals surface area (Å²) in [6, 6.07) is 16.1. The summed E-state index contributed by atoms with van der Waals surface area (Å²) in [5.74, 6) is -0.313. The maximum absolute atomic E-state index is 12.9. The molecular formula is C21H18BrNO4. The van der Waals surface area contributed by atoms with Gasteiger partial charge < -0.3 is 14.8 Å². The van der Waals surface area contributed by atoms with Crippen LogP contribution >= 0.6 is 15.9 Å². The first-order valence-electron chi connectivity index (χ1n) is 8.39. The van der Waals surface area contributed by atoms with Crippen LogP contribution in [0.4, 0.5) is 5.69 Å². The number of halogens is 1. The van der Waals surface area contributed by atoms with Crippen molar-refractivity contribution in [1.29, 1.82) is 0 Å². The lowest BCUT2D eigenvalue weighted by Crippen LogP contribution is -2.14. The molecule has 0 radical (unpaired) electrons. The molecule has 1 amide bonds. The molecule has 27 heavy (non-hydrogen) atoms. The number of anilines is 1. The van der Waals surface area contributed by atoms with Crippen LogP contribution in [0.1, 0.15) is 27.6 Å². The molecule has 138 valence electrons. The van der Waals surface area contributed by atoms with E-state index in [1.807, 2.05) is 24.3 Å². The molecule has 0 aliphatic carbocycles. The number of carbonyl (C=O) groups is 2. The molecule has 0 fully saturated rings. The summed E-state index contributed by atoms with van der Waals surface area (Å²) >= 11 is 3.53. The van der Waals surface area contributed by atoms with Crippen LogP contribution in [0.2, 0.25) is 0 Å². The second kappa shape index (κ2) is 8.22. The van der Waals surface area contributed by atoms with Gasteiger partial charge in [-0.15, -0.1) is 0 Å². The Labute approximate surface area is 165 Å². The number of hydrogen-bond acceptors (Lipinski definition) is 4. The number of nitrogens with one attached hydrogen (secondary N) is 1. The van der Waals surface area contributed by atoms with E-state index in [9.17, 15) is 9.59 Å². The van der Waals surface area contributed by atoms with Gasteiger partial charge in [-0.3, -0.25) is 4.79 Å². The molecule has 0 aromatic heterocycles.